The molecule has 0 aliphatic heterocycles. The van der Waals surface area contributed by atoms with E-state index in [0.29, 0.717) is 0 Å². The molecule has 0 amide bonds. The fourth-order valence-electron chi connectivity index (χ4n) is 9.76. The molecule has 64 heavy (non-hydrogen) atoms. The molecule has 0 saturated heterocycles. The zero-order valence-electron chi connectivity index (χ0n) is 34.5. The zero-order valence-corrected chi connectivity index (χ0v) is 36.2. The van der Waals surface area contributed by atoms with Crippen molar-refractivity contribution >= 4 is 102 Å². The van der Waals surface area contributed by atoms with Crippen molar-refractivity contribution in [2.24, 2.45) is 0 Å². The first-order chi connectivity index (χ1) is 31.7. The average molecular weight is 852 g/mol. The summed E-state index contributed by atoms with van der Waals surface area (Å²) in [7, 11) is 0. The van der Waals surface area contributed by atoms with Crippen molar-refractivity contribution in [1.82, 2.24) is 0 Å². The number of thiophene rings is 2. The number of fused-ring (bicyclic) bond motifs is 9. The lowest BCUT2D eigenvalue weighted by molar-refractivity contribution is 0.669. The summed E-state index contributed by atoms with van der Waals surface area (Å²) in [5.74, 6) is 0. The van der Waals surface area contributed by atoms with Crippen LogP contribution in [0.1, 0.15) is 0 Å². The molecule has 3 heterocycles. The summed E-state index contributed by atoms with van der Waals surface area (Å²) in [4.78, 5) is 2.50. The number of para-hydroxylation sites is 1. The standard InChI is InChI=1S/C60H37NOS2/c1-5-16-38(17-6-1)42-28-30-48-55(36-42)64-60-46(41-22-11-4-12-23-41)33-34-51(58(48)60)61(50-25-15-27-53-57(50)47-24-13-14-26-52(47)62-53)43-29-35-54-49(37-43)56-44(39-18-7-2-8-19-39)31-32-45(59(56)63-54)40-20-9-3-10-21-40/h1-37H. The van der Waals surface area contributed by atoms with E-state index in [-0.39, 0.29) is 0 Å². The Morgan fingerprint density at radius 1 is 0.312 bits per heavy atom. The van der Waals surface area contributed by atoms with Crippen LogP contribution in [0.5, 0.6) is 0 Å². The number of anilines is 3. The van der Waals surface area contributed by atoms with Gasteiger partial charge in [-0.05, 0) is 93.0 Å². The van der Waals surface area contributed by atoms with Crippen LogP contribution in [0.2, 0.25) is 0 Å². The average Bonchev–Trinajstić information content (AvgIpc) is 4.07. The van der Waals surface area contributed by atoms with Gasteiger partial charge in [0.05, 0.1) is 16.8 Å². The molecule has 0 saturated carbocycles. The van der Waals surface area contributed by atoms with E-state index < -0.39 is 0 Å². The maximum absolute atomic E-state index is 6.60. The van der Waals surface area contributed by atoms with E-state index in [1.807, 2.05) is 22.7 Å². The van der Waals surface area contributed by atoms with Crippen LogP contribution in [0.4, 0.5) is 17.1 Å². The molecule has 4 heteroatoms. The summed E-state index contributed by atoms with van der Waals surface area (Å²) in [6, 6.07) is 81.6. The van der Waals surface area contributed by atoms with E-state index in [1.165, 1.54) is 84.9 Å². The highest BCUT2D eigenvalue weighted by atomic mass is 32.1. The molecule has 0 spiro atoms. The normalized spacial score (nSPS) is 11.8. The predicted octanol–water partition coefficient (Wildman–Crippen LogP) is 18.5. The first-order valence-corrected chi connectivity index (χ1v) is 23.3. The molecule has 0 aliphatic carbocycles. The summed E-state index contributed by atoms with van der Waals surface area (Å²) in [6.45, 7) is 0. The van der Waals surface area contributed by atoms with Crippen molar-refractivity contribution in [3.8, 4) is 44.5 Å². The molecule has 0 radical (unpaired) electrons. The van der Waals surface area contributed by atoms with Gasteiger partial charge in [0.15, 0.2) is 0 Å². The van der Waals surface area contributed by atoms with E-state index in [1.54, 1.807) is 0 Å². The Hall–Kier alpha value is -7.76. The summed E-state index contributed by atoms with van der Waals surface area (Å²) in [6.07, 6.45) is 0. The largest absolute Gasteiger partial charge is 0.456 e. The molecular weight excluding hydrogens is 815 g/mol. The van der Waals surface area contributed by atoms with Crippen molar-refractivity contribution in [2.75, 3.05) is 4.90 Å². The van der Waals surface area contributed by atoms with Gasteiger partial charge in [-0.3, -0.25) is 0 Å². The van der Waals surface area contributed by atoms with E-state index >= 15 is 0 Å². The van der Waals surface area contributed by atoms with Crippen molar-refractivity contribution in [2.45, 2.75) is 0 Å². The smallest absolute Gasteiger partial charge is 0.137 e. The molecule has 0 N–H and O–H groups in total. The van der Waals surface area contributed by atoms with Crippen LogP contribution in [0, 0.1) is 0 Å². The fraction of sp³-hybridized carbons (Fsp3) is 0. The minimum Gasteiger partial charge on any atom is -0.456 e. The molecule has 10 aromatic carbocycles. The van der Waals surface area contributed by atoms with Crippen LogP contribution in [0.25, 0.3) is 107 Å². The summed E-state index contributed by atoms with van der Waals surface area (Å²) >= 11 is 3.77. The first-order valence-electron chi connectivity index (χ1n) is 21.7. The van der Waals surface area contributed by atoms with E-state index in [4.69, 9.17) is 4.42 Å². The Morgan fingerprint density at radius 2 is 0.875 bits per heavy atom. The number of hydrogen-bond acceptors (Lipinski definition) is 4. The van der Waals surface area contributed by atoms with Crippen molar-refractivity contribution in [1.29, 1.82) is 0 Å². The molecule has 13 rings (SSSR count). The Morgan fingerprint density at radius 3 is 1.59 bits per heavy atom. The second kappa shape index (κ2) is 15.0. The maximum atomic E-state index is 6.60. The van der Waals surface area contributed by atoms with Crippen LogP contribution >= 0.6 is 22.7 Å². The second-order valence-electron chi connectivity index (χ2n) is 16.3. The number of benzene rings is 10. The van der Waals surface area contributed by atoms with Gasteiger partial charge < -0.3 is 9.32 Å². The van der Waals surface area contributed by atoms with Gasteiger partial charge >= 0.3 is 0 Å². The minimum absolute atomic E-state index is 0.865. The van der Waals surface area contributed by atoms with Gasteiger partial charge in [-0.1, -0.05) is 176 Å². The number of nitrogens with zero attached hydrogens (tertiary/aromatic N) is 1. The molecule has 0 aliphatic rings. The minimum atomic E-state index is 0.865. The lowest BCUT2D eigenvalue weighted by atomic mass is 9.94. The predicted molar refractivity (Wildman–Crippen MR) is 276 cm³/mol. The van der Waals surface area contributed by atoms with E-state index in [0.717, 1.165) is 39.0 Å². The van der Waals surface area contributed by atoms with E-state index in [9.17, 15) is 0 Å². The van der Waals surface area contributed by atoms with Crippen LogP contribution in [0.3, 0.4) is 0 Å². The molecule has 2 nitrogen and oxygen atoms in total. The molecule has 0 bridgehead atoms. The fourth-order valence-corrected chi connectivity index (χ4v) is 12.3. The summed E-state index contributed by atoms with van der Waals surface area (Å²) in [5, 5.41) is 7.18. The van der Waals surface area contributed by atoms with Gasteiger partial charge in [-0.25, -0.2) is 0 Å². The number of hydrogen-bond donors (Lipinski definition) is 0. The molecular formula is C60H37NOS2. The highest BCUT2D eigenvalue weighted by Gasteiger charge is 2.26. The third-order valence-corrected chi connectivity index (χ3v) is 15.1. The highest BCUT2D eigenvalue weighted by molar-refractivity contribution is 7.27. The topological polar surface area (TPSA) is 16.4 Å². The molecule has 0 unspecified atom stereocenters. The third kappa shape index (κ3) is 5.91. The maximum Gasteiger partial charge on any atom is 0.137 e. The Balaban J connectivity index is 1.14. The monoisotopic (exact) mass is 851 g/mol. The van der Waals surface area contributed by atoms with Gasteiger partial charge in [0.2, 0.25) is 0 Å². The van der Waals surface area contributed by atoms with E-state index in [2.05, 4.69) is 229 Å². The van der Waals surface area contributed by atoms with Crippen LogP contribution < -0.4 is 4.90 Å². The van der Waals surface area contributed by atoms with Gasteiger partial charge in [0.25, 0.3) is 0 Å². The number of furan rings is 1. The van der Waals surface area contributed by atoms with Crippen LogP contribution in [-0.2, 0) is 0 Å². The number of rotatable bonds is 7. The Kier molecular flexibility index (Phi) is 8.61. The Bertz CT molecular complexity index is 3890. The summed E-state index contributed by atoms with van der Waals surface area (Å²) < 4.78 is 11.7. The van der Waals surface area contributed by atoms with Crippen LogP contribution in [0.15, 0.2) is 229 Å². The Labute approximate surface area is 378 Å². The zero-order chi connectivity index (χ0) is 42.1. The highest BCUT2D eigenvalue weighted by Crippen LogP contribution is 2.52. The quantitative estimate of drug-likeness (QED) is 0.159. The van der Waals surface area contributed by atoms with Gasteiger partial charge in [-0.2, -0.15) is 0 Å². The van der Waals surface area contributed by atoms with Crippen molar-refractivity contribution < 1.29 is 4.42 Å². The van der Waals surface area contributed by atoms with Crippen molar-refractivity contribution in [3.05, 3.63) is 224 Å². The van der Waals surface area contributed by atoms with Crippen LogP contribution in [-0.4, -0.2) is 0 Å². The van der Waals surface area contributed by atoms with Gasteiger partial charge in [0, 0.05) is 51.4 Å². The van der Waals surface area contributed by atoms with Crippen molar-refractivity contribution in [3.63, 3.8) is 0 Å². The lowest BCUT2D eigenvalue weighted by Gasteiger charge is -2.28. The summed E-state index contributed by atoms with van der Waals surface area (Å²) in [5.41, 5.74) is 14.8. The first kappa shape index (κ1) is 36.9. The third-order valence-electron chi connectivity index (χ3n) is 12.7. The second-order valence-corrected chi connectivity index (χ2v) is 18.4. The molecule has 3 aromatic heterocycles. The molecule has 0 fully saturated rings. The lowest BCUT2D eigenvalue weighted by Crippen LogP contribution is -2.11. The SMILES string of the molecule is c1ccc(-c2ccc3c(c2)sc2c(-c4ccccc4)ccc(N(c4ccc5sc6c(-c7ccccc7)ccc(-c7ccccc7)c6c5c4)c4cccc5oc6ccccc6c45)c23)cc1. The molecule has 300 valence electrons. The van der Waals surface area contributed by atoms with Gasteiger partial charge in [0.1, 0.15) is 11.2 Å². The molecule has 13 aromatic rings. The molecule has 0 atom stereocenters. The van der Waals surface area contributed by atoms with Gasteiger partial charge in [-0.15, -0.1) is 22.7 Å².